The average molecular weight is 472 g/mol. The molecule has 0 saturated heterocycles. The number of hydrogen-bond donors (Lipinski definition) is 1. The number of halogens is 1. The summed E-state index contributed by atoms with van der Waals surface area (Å²) in [6.07, 6.45) is 9.46. The first-order chi connectivity index (χ1) is 17.8. The molecule has 1 saturated carbocycles. The summed E-state index contributed by atoms with van der Waals surface area (Å²) >= 11 is 0. The maximum Gasteiger partial charge on any atom is 0.216 e. The molecule has 2 heterocycles. The van der Waals surface area contributed by atoms with Crippen molar-refractivity contribution in [3.05, 3.63) is 131 Å². The molecule has 0 aliphatic heterocycles. The van der Waals surface area contributed by atoms with E-state index in [1.54, 1.807) is 6.20 Å². The van der Waals surface area contributed by atoms with Gasteiger partial charge in [0.1, 0.15) is 0 Å². The topological polar surface area (TPSA) is 41.6 Å². The number of hydrogen-bond acceptors (Lipinski definition) is 2. The Balaban J connectivity index is 1.49. The van der Waals surface area contributed by atoms with E-state index in [-0.39, 0.29) is 0 Å². The maximum absolute atomic E-state index is 14.5. The quantitative estimate of drug-likeness (QED) is 0.255. The van der Waals surface area contributed by atoms with Gasteiger partial charge in [0.15, 0.2) is 0 Å². The minimum Gasteiger partial charge on any atom is -0.257 e. The summed E-state index contributed by atoms with van der Waals surface area (Å²) < 4.78 is 14.5. The van der Waals surface area contributed by atoms with Gasteiger partial charge in [-0.25, -0.2) is 0 Å². The Morgan fingerprint density at radius 2 is 1.58 bits per heavy atom. The molecule has 6 rings (SSSR count). The van der Waals surface area contributed by atoms with E-state index in [2.05, 4.69) is 81.9 Å². The first-order valence-electron chi connectivity index (χ1n) is 12.4. The summed E-state index contributed by atoms with van der Waals surface area (Å²) in [6, 6.07) is 31.0. The first kappa shape index (κ1) is 22.2. The zero-order valence-corrected chi connectivity index (χ0v) is 19.9. The van der Waals surface area contributed by atoms with Crippen LogP contribution < -0.4 is 0 Å². The van der Waals surface area contributed by atoms with Crippen molar-refractivity contribution in [2.75, 3.05) is 0 Å². The molecule has 1 fully saturated rings. The fourth-order valence-electron chi connectivity index (χ4n) is 4.93. The monoisotopic (exact) mass is 471 g/mol. The Hall–Kier alpha value is -4.31. The predicted octanol–water partition coefficient (Wildman–Crippen LogP) is 8.03. The molecule has 0 atom stereocenters. The van der Waals surface area contributed by atoms with Crippen LogP contribution >= 0.6 is 0 Å². The summed E-state index contributed by atoms with van der Waals surface area (Å²) in [5.41, 5.74) is 8.51. The molecule has 36 heavy (non-hydrogen) atoms. The van der Waals surface area contributed by atoms with E-state index in [1.807, 2.05) is 36.4 Å². The van der Waals surface area contributed by atoms with Gasteiger partial charge in [0, 0.05) is 6.20 Å². The van der Waals surface area contributed by atoms with Crippen LogP contribution in [0, 0.1) is 11.9 Å². The van der Waals surface area contributed by atoms with Crippen LogP contribution in [0.5, 0.6) is 0 Å². The molecule has 1 N–H and O–H groups in total. The normalized spacial score (nSPS) is 14.7. The van der Waals surface area contributed by atoms with E-state index >= 15 is 0 Å². The van der Waals surface area contributed by atoms with E-state index in [1.165, 1.54) is 30.4 Å². The highest BCUT2D eigenvalue weighted by Gasteiger charge is 2.27. The summed E-state index contributed by atoms with van der Waals surface area (Å²) in [4.78, 5) is 4.37. The molecule has 4 heteroatoms. The molecular weight excluding hydrogens is 445 g/mol. The van der Waals surface area contributed by atoms with Crippen LogP contribution in [0.15, 0.2) is 97.2 Å². The SMILES string of the molecule is Fc1[nH]nc2ccc(C(=C(c3ccccc3)C3CCC3)c3ccc(C=Cc4ccccn4)cc3)cc12. The number of aromatic nitrogens is 3. The van der Waals surface area contributed by atoms with Crippen LogP contribution in [0.4, 0.5) is 4.39 Å². The second kappa shape index (κ2) is 9.74. The largest absolute Gasteiger partial charge is 0.257 e. The van der Waals surface area contributed by atoms with Gasteiger partial charge in [0.25, 0.3) is 0 Å². The Morgan fingerprint density at radius 3 is 2.31 bits per heavy atom. The fraction of sp³-hybridized carbons (Fsp3) is 0.125. The lowest BCUT2D eigenvalue weighted by Crippen LogP contribution is -2.15. The third-order valence-corrected chi connectivity index (χ3v) is 7.00. The van der Waals surface area contributed by atoms with Crippen LogP contribution in [0.25, 0.3) is 34.2 Å². The maximum atomic E-state index is 14.5. The fourth-order valence-corrected chi connectivity index (χ4v) is 4.93. The van der Waals surface area contributed by atoms with Crippen molar-refractivity contribution in [2.45, 2.75) is 19.3 Å². The van der Waals surface area contributed by atoms with Crippen LogP contribution in [0.2, 0.25) is 0 Å². The molecule has 3 nitrogen and oxygen atoms in total. The van der Waals surface area contributed by atoms with E-state index < -0.39 is 5.95 Å². The van der Waals surface area contributed by atoms with Crippen molar-refractivity contribution >= 4 is 34.2 Å². The Bertz CT molecular complexity index is 1540. The highest BCUT2D eigenvalue weighted by atomic mass is 19.1. The van der Waals surface area contributed by atoms with Gasteiger partial charge in [-0.3, -0.25) is 10.1 Å². The number of fused-ring (bicyclic) bond motifs is 1. The lowest BCUT2D eigenvalue weighted by molar-refractivity contribution is 0.401. The molecule has 3 aromatic carbocycles. The number of pyridine rings is 1. The van der Waals surface area contributed by atoms with Gasteiger partial charge < -0.3 is 0 Å². The van der Waals surface area contributed by atoms with Gasteiger partial charge in [-0.15, -0.1) is 0 Å². The molecule has 0 bridgehead atoms. The van der Waals surface area contributed by atoms with Crippen LogP contribution in [-0.2, 0) is 0 Å². The highest BCUT2D eigenvalue weighted by Crippen LogP contribution is 2.45. The second-order valence-electron chi connectivity index (χ2n) is 9.26. The summed E-state index contributed by atoms with van der Waals surface area (Å²) in [7, 11) is 0. The molecule has 1 aliphatic carbocycles. The Morgan fingerprint density at radius 1 is 0.806 bits per heavy atom. The van der Waals surface area contributed by atoms with Gasteiger partial charge in [-0.2, -0.15) is 9.49 Å². The Kier molecular flexibility index (Phi) is 6.00. The van der Waals surface area contributed by atoms with Crippen LogP contribution in [0.3, 0.4) is 0 Å². The molecule has 1 aliphatic rings. The third-order valence-electron chi connectivity index (χ3n) is 7.00. The summed E-state index contributed by atoms with van der Waals surface area (Å²) in [5.74, 6) is 0.0853. The van der Waals surface area contributed by atoms with Gasteiger partial charge in [0.05, 0.1) is 16.6 Å². The molecule has 0 amide bonds. The van der Waals surface area contributed by atoms with Crippen molar-refractivity contribution in [3.8, 4) is 0 Å². The first-order valence-corrected chi connectivity index (χ1v) is 12.4. The number of benzene rings is 3. The highest BCUT2D eigenvalue weighted by molar-refractivity contribution is 6.01. The minimum atomic E-state index is -0.397. The summed E-state index contributed by atoms with van der Waals surface area (Å²) in [5, 5.41) is 7.08. The van der Waals surface area contributed by atoms with Gasteiger partial charge in [-0.05, 0) is 82.5 Å². The number of allylic oxidation sites excluding steroid dienone is 1. The number of rotatable bonds is 6. The lowest BCUT2D eigenvalue weighted by atomic mass is 9.73. The van der Waals surface area contributed by atoms with Gasteiger partial charge >= 0.3 is 0 Å². The molecule has 0 spiro atoms. The lowest BCUT2D eigenvalue weighted by Gasteiger charge is -2.31. The van der Waals surface area contributed by atoms with Crippen molar-refractivity contribution in [3.63, 3.8) is 0 Å². The van der Waals surface area contributed by atoms with Crippen molar-refractivity contribution < 1.29 is 4.39 Å². The smallest absolute Gasteiger partial charge is 0.216 e. The Labute approximate surface area is 210 Å². The standard InChI is InChI=1S/C32H26FN3/c33-32-28-21-26(17-19-29(28)35-36-32)31(30(24-9-6-10-24)23-7-2-1-3-8-23)25-15-12-22(13-16-25)14-18-27-11-4-5-20-34-27/h1-5,7-8,11-21,24H,6,9-10H2,(H,35,36). The molecule has 176 valence electrons. The van der Waals surface area contributed by atoms with Crippen LogP contribution in [-0.4, -0.2) is 15.2 Å². The molecule has 2 aromatic heterocycles. The van der Waals surface area contributed by atoms with Crippen molar-refractivity contribution in [2.24, 2.45) is 5.92 Å². The average Bonchev–Trinajstić information content (AvgIpc) is 3.28. The summed E-state index contributed by atoms with van der Waals surface area (Å²) in [6.45, 7) is 0. The molecular formula is C32H26FN3. The zero-order valence-electron chi connectivity index (χ0n) is 19.9. The van der Waals surface area contributed by atoms with E-state index in [0.29, 0.717) is 16.8 Å². The minimum absolute atomic E-state index is 0.397. The van der Waals surface area contributed by atoms with Gasteiger partial charge in [0.2, 0.25) is 5.95 Å². The predicted molar refractivity (Wildman–Crippen MR) is 145 cm³/mol. The van der Waals surface area contributed by atoms with Crippen molar-refractivity contribution in [1.82, 2.24) is 15.2 Å². The molecule has 0 radical (unpaired) electrons. The number of H-pyrrole nitrogens is 1. The number of nitrogens with one attached hydrogen (secondary N) is 1. The third kappa shape index (κ3) is 4.38. The van der Waals surface area contributed by atoms with E-state index in [0.717, 1.165) is 28.0 Å². The molecule has 5 aromatic rings. The van der Waals surface area contributed by atoms with Gasteiger partial charge in [-0.1, -0.05) is 79.2 Å². The number of nitrogens with zero attached hydrogens (tertiary/aromatic N) is 2. The van der Waals surface area contributed by atoms with E-state index in [9.17, 15) is 4.39 Å². The molecule has 0 unspecified atom stereocenters. The van der Waals surface area contributed by atoms with Crippen molar-refractivity contribution in [1.29, 1.82) is 0 Å². The van der Waals surface area contributed by atoms with E-state index in [4.69, 9.17) is 0 Å². The number of aromatic amines is 1. The zero-order chi connectivity index (χ0) is 24.3. The second-order valence-corrected chi connectivity index (χ2v) is 9.26. The van der Waals surface area contributed by atoms with Crippen LogP contribution in [0.1, 0.15) is 47.2 Å².